The molecule has 1 amide bonds. The highest BCUT2D eigenvalue weighted by Crippen LogP contribution is 2.28. The number of carbonyl (C=O) groups excluding carboxylic acids is 1. The lowest BCUT2D eigenvalue weighted by atomic mass is 10.1. The average Bonchev–Trinajstić information content (AvgIpc) is 2.68. The number of benzene rings is 2. The lowest BCUT2D eigenvalue weighted by Crippen LogP contribution is -2.47. The number of hydrogen-bond acceptors (Lipinski definition) is 5. The summed E-state index contributed by atoms with van der Waals surface area (Å²) in [5.41, 5.74) is 7.32. The molecule has 2 aromatic rings. The maximum absolute atomic E-state index is 13.4. The first kappa shape index (κ1) is 20.4. The van der Waals surface area contributed by atoms with Gasteiger partial charge in [-0.15, -0.1) is 0 Å². The monoisotopic (exact) mass is 407 g/mol. The number of ether oxygens (including phenoxy) is 2. The van der Waals surface area contributed by atoms with Crippen LogP contribution in [0.25, 0.3) is 0 Å². The van der Waals surface area contributed by atoms with Crippen LogP contribution in [0, 0.1) is 5.82 Å². The number of morpholine rings is 1. The van der Waals surface area contributed by atoms with E-state index >= 15 is 0 Å². The van der Waals surface area contributed by atoms with Gasteiger partial charge in [0.1, 0.15) is 11.6 Å². The summed E-state index contributed by atoms with van der Waals surface area (Å²) in [4.78, 5) is 14.7. The average molecular weight is 408 g/mol. The highest BCUT2D eigenvalue weighted by molar-refractivity contribution is 6.33. The molecule has 1 saturated heterocycles. The molecule has 28 heavy (non-hydrogen) atoms. The van der Waals surface area contributed by atoms with E-state index in [1.807, 2.05) is 6.07 Å². The number of nitrogens with zero attached hydrogens (tertiary/aromatic N) is 1. The highest BCUT2D eigenvalue weighted by Gasteiger charge is 2.22. The van der Waals surface area contributed by atoms with Gasteiger partial charge in [0.05, 0.1) is 36.1 Å². The molecule has 1 heterocycles. The molecule has 0 spiro atoms. The van der Waals surface area contributed by atoms with Crippen LogP contribution in [0.4, 0.5) is 10.1 Å². The zero-order valence-electron chi connectivity index (χ0n) is 15.6. The van der Waals surface area contributed by atoms with Crippen LogP contribution in [-0.4, -0.2) is 50.3 Å². The van der Waals surface area contributed by atoms with Gasteiger partial charge in [-0.25, -0.2) is 4.39 Å². The smallest absolute Gasteiger partial charge is 0.255 e. The van der Waals surface area contributed by atoms with Gasteiger partial charge in [-0.3, -0.25) is 9.69 Å². The SMILES string of the molecule is COc1cc(N)c(Cl)cc1C(=O)NCC1CN(Cc2cccc(F)c2)CCO1. The van der Waals surface area contributed by atoms with Crippen molar-refractivity contribution in [2.45, 2.75) is 12.6 Å². The summed E-state index contributed by atoms with van der Waals surface area (Å²) < 4.78 is 24.3. The minimum Gasteiger partial charge on any atom is -0.496 e. The van der Waals surface area contributed by atoms with Crippen molar-refractivity contribution in [3.05, 3.63) is 58.4 Å². The molecule has 1 aliphatic heterocycles. The van der Waals surface area contributed by atoms with Crippen LogP contribution in [0.15, 0.2) is 36.4 Å². The topological polar surface area (TPSA) is 76.8 Å². The first-order valence-corrected chi connectivity index (χ1v) is 9.33. The second-order valence-electron chi connectivity index (χ2n) is 6.64. The summed E-state index contributed by atoms with van der Waals surface area (Å²) in [7, 11) is 1.47. The molecule has 0 aromatic heterocycles. The van der Waals surface area contributed by atoms with Crippen LogP contribution in [0.1, 0.15) is 15.9 Å². The van der Waals surface area contributed by atoms with Gasteiger partial charge in [0.25, 0.3) is 5.91 Å². The Bertz CT molecular complexity index is 849. The number of nitrogens with one attached hydrogen (secondary N) is 1. The van der Waals surface area contributed by atoms with Crippen molar-refractivity contribution >= 4 is 23.2 Å². The van der Waals surface area contributed by atoms with E-state index in [9.17, 15) is 9.18 Å². The highest BCUT2D eigenvalue weighted by atomic mass is 35.5. The van der Waals surface area contributed by atoms with Gasteiger partial charge in [-0.05, 0) is 23.8 Å². The third kappa shape index (κ3) is 5.13. The molecule has 0 saturated carbocycles. The number of amides is 1. The lowest BCUT2D eigenvalue weighted by Gasteiger charge is -2.33. The second kappa shape index (κ2) is 9.23. The van der Waals surface area contributed by atoms with Gasteiger partial charge in [0.2, 0.25) is 0 Å². The molecule has 1 atom stereocenters. The van der Waals surface area contributed by atoms with Crippen molar-refractivity contribution in [1.29, 1.82) is 0 Å². The molecule has 3 N–H and O–H groups in total. The number of hydrogen-bond donors (Lipinski definition) is 2. The Morgan fingerprint density at radius 1 is 1.43 bits per heavy atom. The van der Waals surface area contributed by atoms with E-state index in [4.69, 9.17) is 26.8 Å². The Labute approximate surface area is 168 Å². The molecule has 1 aliphatic rings. The maximum Gasteiger partial charge on any atom is 0.255 e. The van der Waals surface area contributed by atoms with Gasteiger partial charge < -0.3 is 20.5 Å². The normalized spacial score (nSPS) is 17.3. The van der Waals surface area contributed by atoms with Crippen molar-refractivity contribution in [2.24, 2.45) is 0 Å². The van der Waals surface area contributed by atoms with Crippen molar-refractivity contribution in [3.8, 4) is 5.75 Å². The third-order valence-electron chi connectivity index (χ3n) is 4.57. The molecular weight excluding hydrogens is 385 g/mol. The van der Waals surface area contributed by atoms with Gasteiger partial charge in [0, 0.05) is 32.2 Å². The molecule has 8 heteroatoms. The number of methoxy groups -OCH3 is 1. The lowest BCUT2D eigenvalue weighted by molar-refractivity contribution is -0.0293. The summed E-state index contributed by atoms with van der Waals surface area (Å²) in [5, 5.41) is 3.15. The molecule has 0 radical (unpaired) electrons. The molecule has 2 aromatic carbocycles. The first-order chi connectivity index (χ1) is 13.5. The number of rotatable bonds is 6. The molecule has 1 fully saturated rings. The van der Waals surface area contributed by atoms with E-state index in [1.54, 1.807) is 6.07 Å². The van der Waals surface area contributed by atoms with Crippen molar-refractivity contribution in [3.63, 3.8) is 0 Å². The summed E-state index contributed by atoms with van der Waals surface area (Å²) in [6.07, 6.45) is -0.165. The maximum atomic E-state index is 13.4. The Hall–Kier alpha value is -2.35. The Morgan fingerprint density at radius 3 is 3.00 bits per heavy atom. The van der Waals surface area contributed by atoms with Crippen LogP contribution in [0.3, 0.4) is 0 Å². The van der Waals surface area contributed by atoms with Crippen molar-refractivity contribution in [2.75, 3.05) is 39.1 Å². The predicted octanol–water partition coefficient (Wildman–Crippen LogP) is 2.70. The summed E-state index contributed by atoms with van der Waals surface area (Å²) in [6, 6.07) is 9.57. The minimum absolute atomic E-state index is 0.165. The van der Waals surface area contributed by atoms with E-state index < -0.39 is 0 Å². The summed E-state index contributed by atoms with van der Waals surface area (Å²) in [6.45, 7) is 2.91. The zero-order valence-corrected chi connectivity index (χ0v) is 16.3. The fraction of sp³-hybridized carbons (Fsp3) is 0.350. The van der Waals surface area contributed by atoms with Gasteiger partial charge >= 0.3 is 0 Å². The predicted molar refractivity (Wildman–Crippen MR) is 106 cm³/mol. The largest absolute Gasteiger partial charge is 0.496 e. The fourth-order valence-electron chi connectivity index (χ4n) is 3.16. The fourth-order valence-corrected chi connectivity index (χ4v) is 3.32. The summed E-state index contributed by atoms with van der Waals surface area (Å²) in [5.74, 6) is -0.202. The number of halogens is 2. The number of carbonyl (C=O) groups is 1. The van der Waals surface area contributed by atoms with E-state index in [0.29, 0.717) is 48.3 Å². The third-order valence-corrected chi connectivity index (χ3v) is 4.90. The van der Waals surface area contributed by atoms with Crippen LogP contribution in [0.2, 0.25) is 5.02 Å². The van der Waals surface area contributed by atoms with Gasteiger partial charge in [-0.1, -0.05) is 23.7 Å². The van der Waals surface area contributed by atoms with Gasteiger partial charge in [-0.2, -0.15) is 0 Å². The van der Waals surface area contributed by atoms with E-state index in [1.165, 1.54) is 31.4 Å². The molecular formula is C20H23ClFN3O3. The molecule has 0 bridgehead atoms. The Balaban J connectivity index is 1.57. The van der Waals surface area contributed by atoms with E-state index in [-0.39, 0.29) is 17.8 Å². The standard InChI is InChI=1S/C20H23ClFN3O3/c1-27-19-9-18(23)17(21)8-16(19)20(26)24-10-15-12-25(5-6-28-15)11-13-3-2-4-14(22)7-13/h2-4,7-9,15H,5-6,10-12,23H2,1H3,(H,24,26). The molecule has 6 nitrogen and oxygen atoms in total. The molecule has 3 rings (SSSR count). The van der Waals surface area contributed by atoms with Gasteiger partial charge in [0.15, 0.2) is 0 Å². The van der Waals surface area contributed by atoms with Crippen molar-refractivity contribution in [1.82, 2.24) is 10.2 Å². The molecule has 150 valence electrons. The Morgan fingerprint density at radius 2 is 2.25 bits per heavy atom. The van der Waals surface area contributed by atoms with E-state index in [0.717, 1.165) is 12.1 Å². The van der Waals surface area contributed by atoms with Crippen LogP contribution < -0.4 is 15.8 Å². The van der Waals surface area contributed by atoms with Crippen LogP contribution in [-0.2, 0) is 11.3 Å². The zero-order chi connectivity index (χ0) is 20.1. The summed E-state index contributed by atoms with van der Waals surface area (Å²) >= 11 is 6.02. The quantitative estimate of drug-likeness (QED) is 0.720. The number of nitrogen functional groups attached to an aromatic ring is 1. The van der Waals surface area contributed by atoms with Crippen LogP contribution >= 0.6 is 11.6 Å². The molecule has 0 aliphatic carbocycles. The van der Waals surface area contributed by atoms with E-state index in [2.05, 4.69) is 10.2 Å². The number of anilines is 1. The molecule has 1 unspecified atom stereocenters. The second-order valence-corrected chi connectivity index (χ2v) is 7.05. The van der Waals surface area contributed by atoms with Crippen molar-refractivity contribution < 1.29 is 18.7 Å². The Kier molecular flexibility index (Phi) is 6.72. The minimum atomic E-state index is -0.315. The number of nitrogens with two attached hydrogens (primary N) is 1. The van der Waals surface area contributed by atoms with Crippen LogP contribution in [0.5, 0.6) is 5.75 Å². The first-order valence-electron chi connectivity index (χ1n) is 8.96.